The number of thiophene rings is 1. The van der Waals surface area contributed by atoms with Gasteiger partial charge in [-0.25, -0.2) is 9.66 Å². The molecule has 5 nitrogen and oxygen atoms in total. The molecule has 0 aromatic carbocycles. The van der Waals surface area contributed by atoms with E-state index in [4.69, 9.17) is 0 Å². The third-order valence-electron chi connectivity index (χ3n) is 3.34. The van der Waals surface area contributed by atoms with Crippen molar-refractivity contribution in [2.24, 2.45) is 0 Å². The van der Waals surface area contributed by atoms with Gasteiger partial charge in [-0.15, -0.1) is 11.3 Å². The van der Waals surface area contributed by atoms with Gasteiger partial charge in [0.15, 0.2) is 0 Å². The summed E-state index contributed by atoms with van der Waals surface area (Å²) in [5.41, 5.74) is 3.37. The molecule has 0 spiro atoms. The highest BCUT2D eigenvalue weighted by atomic mass is 32.1. The Hall–Kier alpha value is -1.69. The molecule has 2 heterocycles. The van der Waals surface area contributed by atoms with E-state index in [9.17, 15) is 9.59 Å². The van der Waals surface area contributed by atoms with E-state index in [0.29, 0.717) is 17.6 Å². The summed E-state index contributed by atoms with van der Waals surface area (Å²) < 4.78 is 1.22. The second kappa shape index (κ2) is 4.20. The Labute approximate surface area is 107 Å². The van der Waals surface area contributed by atoms with E-state index < -0.39 is 0 Å². The average Bonchev–Trinajstić information content (AvgIpc) is 2.72. The highest BCUT2D eigenvalue weighted by Crippen LogP contribution is 2.33. The fourth-order valence-corrected chi connectivity index (χ4v) is 3.81. The van der Waals surface area contributed by atoms with Crippen LogP contribution in [0.4, 0.5) is 0 Å². The number of carbonyl (C=O) groups is 1. The Balaban J connectivity index is 2.35. The molecule has 94 valence electrons. The first-order chi connectivity index (χ1) is 8.72. The Kier molecular flexibility index (Phi) is 2.66. The van der Waals surface area contributed by atoms with Crippen molar-refractivity contribution in [2.75, 3.05) is 5.43 Å². The number of rotatable bonds is 2. The van der Waals surface area contributed by atoms with Gasteiger partial charge in [0, 0.05) is 4.88 Å². The monoisotopic (exact) mass is 263 g/mol. The number of fused-ring (bicyclic) bond motifs is 3. The van der Waals surface area contributed by atoms with Crippen molar-refractivity contribution in [3.05, 3.63) is 26.6 Å². The molecule has 2 aromatic heterocycles. The van der Waals surface area contributed by atoms with Gasteiger partial charge in [-0.3, -0.25) is 15.0 Å². The molecule has 0 bridgehead atoms. The van der Waals surface area contributed by atoms with Crippen molar-refractivity contribution in [3.8, 4) is 0 Å². The fraction of sp³-hybridized carbons (Fsp3) is 0.417. The first kappa shape index (κ1) is 11.4. The van der Waals surface area contributed by atoms with Crippen LogP contribution >= 0.6 is 11.3 Å². The van der Waals surface area contributed by atoms with Gasteiger partial charge in [-0.05, 0) is 38.2 Å². The predicted octanol–water partition coefficient (Wildman–Crippen LogP) is 1.35. The molecule has 1 N–H and O–H groups in total. The summed E-state index contributed by atoms with van der Waals surface area (Å²) in [6, 6.07) is 0. The number of hydrogen-bond donors (Lipinski definition) is 1. The number of hydrogen-bond acceptors (Lipinski definition) is 4. The molecule has 0 radical (unpaired) electrons. The van der Waals surface area contributed by atoms with Crippen molar-refractivity contribution in [1.29, 1.82) is 0 Å². The maximum atomic E-state index is 12.4. The second-order valence-corrected chi connectivity index (χ2v) is 5.52. The minimum atomic E-state index is -0.163. The fourth-order valence-electron chi connectivity index (χ4n) is 2.51. The molecule has 1 aliphatic carbocycles. The lowest BCUT2D eigenvalue weighted by molar-refractivity contribution is -0.106. The molecule has 1 amide bonds. The van der Waals surface area contributed by atoms with E-state index in [1.165, 1.54) is 16.0 Å². The van der Waals surface area contributed by atoms with Gasteiger partial charge in [0.1, 0.15) is 10.7 Å². The molecule has 2 aromatic rings. The molecule has 18 heavy (non-hydrogen) atoms. The van der Waals surface area contributed by atoms with Crippen LogP contribution in [0, 0.1) is 6.92 Å². The zero-order chi connectivity index (χ0) is 12.7. The highest BCUT2D eigenvalue weighted by molar-refractivity contribution is 7.18. The van der Waals surface area contributed by atoms with Crippen LogP contribution in [0.5, 0.6) is 0 Å². The van der Waals surface area contributed by atoms with Crippen molar-refractivity contribution in [1.82, 2.24) is 9.66 Å². The van der Waals surface area contributed by atoms with Crippen LogP contribution in [0.1, 0.15) is 29.1 Å². The third-order valence-corrected chi connectivity index (χ3v) is 4.52. The Morgan fingerprint density at radius 3 is 2.94 bits per heavy atom. The van der Waals surface area contributed by atoms with Gasteiger partial charge in [-0.1, -0.05) is 0 Å². The van der Waals surface area contributed by atoms with E-state index in [0.717, 1.165) is 29.7 Å². The lowest BCUT2D eigenvalue weighted by Gasteiger charge is -2.11. The number of nitrogens with one attached hydrogen (secondary N) is 1. The van der Waals surface area contributed by atoms with Crippen LogP contribution in [0.15, 0.2) is 4.79 Å². The Morgan fingerprint density at radius 1 is 1.39 bits per heavy atom. The standard InChI is InChI=1S/C12H13N3O2S/c1-7-14-11-10(12(17)15(7)13-6-16)8-4-2-3-5-9(8)18-11/h6H,2-5H2,1H3,(H,13,16). The SMILES string of the molecule is Cc1nc2sc3c(c2c(=O)n1NC=O)CCCC3. The molecule has 1 aliphatic rings. The van der Waals surface area contributed by atoms with E-state index >= 15 is 0 Å². The maximum absolute atomic E-state index is 12.4. The van der Waals surface area contributed by atoms with Crippen molar-refractivity contribution < 1.29 is 4.79 Å². The second-order valence-electron chi connectivity index (χ2n) is 4.44. The summed E-state index contributed by atoms with van der Waals surface area (Å²) in [5.74, 6) is 0.512. The maximum Gasteiger partial charge on any atom is 0.281 e. The molecule has 0 atom stereocenters. The molecular weight excluding hydrogens is 250 g/mol. The number of carbonyl (C=O) groups excluding carboxylic acids is 1. The van der Waals surface area contributed by atoms with Gasteiger partial charge in [-0.2, -0.15) is 0 Å². The normalized spacial score (nSPS) is 14.5. The van der Waals surface area contributed by atoms with Crippen LogP contribution in [-0.4, -0.2) is 16.1 Å². The summed E-state index contributed by atoms with van der Waals surface area (Å²) in [4.78, 5) is 29.4. The molecule has 0 unspecified atom stereocenters. The summed E-state index contributed by atoms with van der Waals surface area (Å²) in [5, 5.41) is 0.689. The predicted molar refractivity (Wildman–Crippen MR) is 70.7 cm³/mol. The Morgan fingerprint density at radius 2 is 2.17 bits per heavy atom. The van der Waals surface area contributed by atoms with Crippen molar-refractivity contribution in [3.63, 3.8) is 0 Å². The van der Waals surface area contributed by atoms with Gasteiger partial charge >= 0.3 is 0 Å². The number of aryl methyl sites for hydroxylation is 3. The number of amides is 1. The van der Waals surface area contributed by atoms with Crippen LogP contribution < -0.4 is 11.0 Å². The smallest absolute Gasteiger partial charge is 0.277 e. The molecule has 0 saturated heterocycles. The van der Waals surface area contributed by atoms with Gasteiger partial charge in [0.25, 0.3) is 5.56 Å². The zero-order valence-corrected chi connectivity index (χ0v) is 10.8. The van der Waals surface area contributed by atoms with Crippen LogP contribution in [-0.2, 0) is 17.6 Å². The van der Waals surface area contributed by atoms with Crippen LogP contribution in [0.2, 0.25) is 0 Å². The van der Waals surface area contributed by atoms with Crippen LogP contribution in [0.25, 0.3) is 10.2 Å². The number of aromatic nitrogens is 2. The van der Waals surface area contributed by atoms with Gasteiger partial charge < -0.3 is 0 Å². The van der Waals surface area contributed by atoms with E-state index in [-0.39, 0.29) is 5.56 Å². The first-order valence-corrected chi connectivity index (χ1v) is 6.78. The van der Waals surface area contributed by atoms with E-state index in [2.05, 4.69) is 10.4 Å². The number of nitrogens with zero attached hydrogens (tertiary/aromatic N) is 2. The lowest BCUT2D eigenvalue weighted by atomic mass is 9.97. The third kappa shape index (κ3) is 1.56. The minimum absolute atomic E-state index is 0.163. The summed E-state index contributed by atoms with van der Waals surface area (Å²) in [7, 11) is 0. The molecule has 0 saturated carbocycles. The topological polar surface area (TPSA) is 64.0 Å². The van der Waals surface area contributed by atoms with E-state index in [1.54, 1.807) is 18.3 Å². The largest absolute Gasteiger partial charge is 0.281 e. The minimum Gasteiger partial charge on any atom is -0.277 e. The van der Waals surface area contributed by atoms with Gasteiger partial charge in [0.2, 0.25) is 6.41 Å². The molecular formula is C12H13N3O2S. The first-order valence-electron chi connectivity index (χ1n) is 5.96. The van der Waals surface area contributed by atoms with Crippen molar-refractivity contribution >= 4 is 28.0 Å². The summed E-state index contributed by atoms with van der Waals surface area (Å²) in [6.45, 7) is 1.72. The summed E-state index contributed by atoms with van der Waals surface area (Å²) in [6.07, 6.45) is 4.78. The summed E-state index contributed by atoms with van der Waals surface area (Å²) >= 11 is 1.61. The zero-order valence-electron chi connectivity index (χ0n) is 10.0. The van der Waals surface area contributed by atoms with Crippen molar-refractivity contribution in [2.45, 2.75) is 32.6 Å². The lowest BCUT2D eigenvalue weighted by Crippen LogP contribution is -2.31. The molecule has 6 heteroatoms. The van der Waals surface area contributed by atoms with Gasteiger partial charge in [0.05, 0.1) is 5.39 Å². The van der Waals surface area contributed by atoms with E-state index in [1.807, 2.05) is 0 Å². The quantitative estimate of drug-likeness (QED) is 0.832. The Bertz CT molecular complexity index is 687. The molecule has 0 fully saturated rings. The molecule has 3 rings (SSSR count). The molecule has 0 aliphatic heterocycles. The average molecular weight is 263 g/mol. The highest BCUT2D eigenvalue weighted by Gasteiger charge is 2.20. The van der Waals surface area contributed by atoms with Crippen LogP contribution in [0.3, 0.4) is 0 Å².